The second-order valence-corrected chi connectivity index (χ2v) is 4.02. The highest BCUT2D eigenvalue weighted by Crippen LogP contribution is 2.48. The molecule has 0 unspecified atom stereocenters. The van der Waals surface area contributed by atoms with Crippen LogP contribution < -0.4 is 0 Å². The maximum atomic E-state index is 13.1. The van der Waals surface area contributed by atoms with Crippen LogP contribution in [0.25, 0.3) is 0 Å². The number of hydrogen-bond donors (Lipinski definition) is 0. The van der Waals surface area contributed by atoms with Crippen molar-refractivity contribution in [1.82, 2.24) is 0 Å². The molecule has 0 aliphatic carbocycles. The van der Waals surface area contributed by atoms with Crippen molar-refractivity contribution >= 4 is 0 Å². The molecule has 1 radical (unpaired) electrons. The Labute approximate surface area is 111 Å². The van der Waals surface area contributed by atoms with Gasteiger partial charge in [0.1, 0.15) is 0 Å². The van der Waals surface area contributed by atoms with Gasteiger partial charge in [0.15, 0.2) is 0 Å². The molecule has 10 heteroatoms. The van der Waals surface area contributed by atoms with Crippen LogP contribution in [-0.4, -0.2) is 12.4 Å². The quantitative estimate of drug-likeness (QED) is 0.657. The fourth-order valence-corrected chi connectivity index (χ4v) is 1.38. The van der Waals surface area contributed by atoms with Crippen molar-refractivity contribution in [1.29, 1.82) is 0 Å². The molecule has 0 fully saturated rings. The zero-order chi connectivity index (χ0) is 16.9. The van der Waals surface area contributed by atoms with E-state index in [2.05, 4.69) is 6.92 Å². The molecule has 21 heavy (non-hydrogen) atoms. The van der Waals surface area contributed by atoms with Gasteiger partial charge in [-0.2, -0.15) is 43.9 Å². The summed E-state index contributed by atoms with van der Waals surface area (Å²) in [7, 11) is 0. The molecule has 0 bridgehead atoms. The summed E-state index contributed by atoms with van der Waals surface area (Å²) in [4.78, 5) is 0. The van der Waals surface area contributed by atoms with E-state index in [4.69, 9.17) is 0 Å². The van der Waals surface area contributed by atoms with Crippen molar-refractivity contribution in [3.63, 3.8) is 0 Å². The summed E-state index contributed by atoms with van der Waals surface area (Å²) < 4.78 is 125. The zero-order valence-corrected chi connectivity index (χ0v) is 9.72. The maximum absolute atomic E-state index is 13.1. The van der Waals surface area contributed by atoms with Crippen LogP contribution in [0.4, 0.5) is 43.9 Å². The Balaban J connectivity index is 3.50. The summed E-state index contributed by atoms with van der Waals surface area (Å²) in [5.74, 6) is -11.2. The minimum Gasteiger partial charge on any atom is -0.191 e. The van der Waals surface area contributed by atoms with E-state index in [1.165, 1.54) is 0 Å². The molecule has 1 rings (SSSR count). The molecule has 0 atom stereocenters. The van der Waals surface area contributed by atoms with Crippen LogP contribution in [0.15, 0.2) is 18.2 Å². The average Bonchev–Trinajstić information content (AvgIpc) is 2.25. The van der Waals surface area contributed by atoms with Gasteiger partial charge < -0.3 is 0 Å². The third-order valence-corrected chi connectivity index (χ3v) is 2.52. The second-order valence-electron chi connectivity index (χ2n) is 4.02. The number of benzene rings is 1. The molecular weight excluding hydrogens is 322 g/mol. The summed E-state index contributed by atoms with van der Waals surface area (Å²) in [6.45, 7) is 2.78. The van der Waals surface area contributed by atoms with Crippen molar-refractivity contribution in [2.24, 2.45) is 0 Å². The van der Waals surface area contributed by atoms with E-state index in [0.717, 1.165) is 0 Å². The highest BCUT2D eigenvalue weighted by molar-refractivity contribution is 5.39. The Hall–Kier alpha value is -1.48. The van der Waals surface area contributed by atoms with Crippen LogP contribution in [0.2, 0.25) is 0 Å². The number of alkyl halides is 10. The molecule has 0 amide bonds. The minimum atomic E-state index is -6.16. The molecule has 0 heterocycles. The third kappa shape index (κ3) is 2.93. The first-order valence-corrected chi connectivity index (χ1v) is 4.98. The predicted octanol–water partition coefficient (Wildman–Crippen LogP) is 5.18. The van der Waals surface area contributed by atoms with Crippen LogP contribution in [0.3, 0.4) is 0 Å². The van der Waals surface area contributed by atoms with Gasteiger partial charge in [0.05, 0.1) is 0 Å². The Morgan fingerprint density at radius 1 is 0.667 bits per heavy atom. The molecule has 1 aromatic rings. The second kappa shape index (κ2) is 4.77. The van der Waals surface area contributed by atoms with E-state index in [0.29, 0.717) is 0 Å². The topological polar surface area (TPSA) is 0 Å². The zero-order valence-electron chi connectivity index (χ0n) is 9.72. The van der Waals surface area contributed by atoms with Gasteiger partial charge in [0, 0.05) is 11.1 Å². The van der Waals surface area contributed by atoms with Gasteiger partial charge in [-0.05, 0) is 18.6 Å². The smallest absolute Gasteiger partial charge is 0.191 e. The molecule has 0 N–H and O–H groups in total. The summed E-state index contributed by atoms with van der Waals surface area (Å²) in [5, 5.41) is 0. The lowest BCUT2D eigenvalue weighted by atomic mass is 9.96. The van der Waals surface area contributed by atoms with Crippen molar-refractivity contribution < 1.29 is 43.9 Å². The van der Waals surface area contributed by atoms with E-state index >= 15 is 0 Å². The average molecular weight is 327 g/mol. The van der Waals surface area contributed by atoms with E-state index < -0.39 is 47.0 Å². The van der Waals surface area contributed by atoms with Crippen LogP contribution >= 0.6 is 0 Å². The largest absolute Gasteiger partial charge is 0.458 e. The Morgan fingerprint density at radius 3 is 1.48 bits per heavy atom. The summed E-state index contributed by atoms with van der Waals surface area (Å²) in [6, 6.07) is -0.209. The van der Waals surface area contributed by atoms with Gasteiger partial charge in [-0.3, -0.25) is 0 Å². The maximum Gasteiger partial charge on any atom is 0.458 e. The highest BCUT2D eigenvalue weighted by atomic mass is 19.4. The van der Waals surface area contributed by atoms with Gasteiger partial charge in [-0.25, -0.2) is 0 Å². The van der Waals surface area contributed by atoms with Crippen molar-refractivity contribution in [2.75, 3.05) is 0 Å². The van der Waals surface area contributed by atoms with Crippen LogP contribution in [-0.2, 0) is 11.8 Å². The lowest BCUT2D eigenvalue weighted by Crippen LogP contribution is -2.36. The molecule has 0 aromatic heterocycles. The summed E-state index contributed by atoms with van der Waals surface area (Å²) in [5.41, 5.74) is -5.10. The minimum absolute atomic E-state index is 0.0891. The Kier molecular flexibility index (Phi) is 3.99. The van der Waals surface area contributed by atoms with Gasteiger partial charge in [0.25, 0.3) is 0 Å². The molecule has 0 aliphatic heterocycles. The first-order chi connectivity index (χ1) is 9.12. The summed E-state index contributed by atoms with van der Waals surface area (Å²) in [6.07, 6.45) is -12.3. The van der Waals surface area contributed by atoms with Crippen molar-refractivity contribution in [3.05, 3.63) is 41.8 Å². The fraction of sp³-hybridized carbons (Fsp3) is 0.364. The molecule has 119 valence electrons. The SMILES string of the molecule is [CH2]c1ccc(C(F)(F)C(F)(F)F)cc1C(F)(F)C(F)(F)F. The monoisotopic (exact) mass is 327 g/mol. The molecule has 0 nitrogen and oxygen atoms in total. The van der Waals surface area contributed by atoms with Gasteiger partial charge >= 0.3 is 24.2 Å². The van der Waals surface area contributed by atoms with Crippen LogP contribution in [0.1, 0.15) is 16.7 Å². The lowest BCUT2D eigenvalue weighted by Gasteiger charge is -2.25. The molecule has 1 aromatic carbocycles. The standard InChI is InChI=1S/C11H5F10/c1-5-2-3-6(8(12,13)10(16,17)18)4-7(5)9(14,15)11(19,20)21/h2-4H,1H2. The molecule has 0 spiro atoms. The third-order valence-electron chi connectivity index (χ3n) is 2.52. The van der Waals surface area contributed by atoms with Crippen LogP contribution in [0, 0.1) is 6.92 Å². The molecule has 0 saturated heterocycles. The molecule has 0 saturated carbocycles. The fourth-order valence-electron chi connectivity index (χ4n) is 1.38. The van der Waals surface area contributed by atoms with Crippen molar-refractivity contribution in [3.8, 4) is 0 Å². The molecule has 0 aliphatic rings. The number of rotatable bonds is 2. The van der Waals surface area contributed by atoms with E-state index in [-0.39, 0.29) is 12.1 Å². The summed E-state index contributed by atoms with van der Waals surface area (Å²) >= 11 is 0. The number of halogens is 10. The Morgan fingerprint density at radius 2 is 1.10 bits per heavy atom. The lowest BCUT2D eigenvalue weighted by molar-refractivity contribution is -0.292. The van der Waals surface area contributed by atoms with Gasteiger partial charge in [-0.15, -0.1) is 0 Å². The first kappa shape index (κ1) is 17.6. The van der Waals surface area contributed by atoms with E-state index in [1.807, 2.05) is 0 Å². The van der Waals surface area contributed by atoms with Gasteiger partial charge in [-0.1, -0.05) is 12.1 Å². The van der Waals surface area contributed by atoms with Crippen molar-refractivity contribution in [2.45, 2.75) is 24.2 Å². The highest BCUT2D eigenvalue weighted by Gasteiger charge is 2.62. The van der Waals surface area contributed by atoms with Gasteiger partial charge in [0.2, 0.25) is 0 Å². The predicted molar refractivity (Wildman–Crippen MR) is 50.8 cm³/mol. The van der Waals surface area contributed by atoms with Crippen LogP contribution in [0.5, 0.6) is 0 Å². The number of hydrogen-bond acceptors (Lipinski definition) is 0. The first-order valence-electron chi connectivity index (χ1n) is 4.98. The normalized spacial score (nSPS) is 14.4. The Bertz CT molecular complexity index is 523. The molecular formula is C11H5F10. The van der Waals surface area contributed by atoms with E-state index in [9.17, 15) is 43.9 Å². The van der Waals surface area contributed by atoms with E-state index in [1.54, 1.807) is 0 Å².